The van der Waals surface area contributed by atoms with Crippen molar-refractivity contribution in [3.05, 3.63) is 0 Å². The summed E-state index contributed by atoms with van der Waals surface area (Å²) < 4.78 is 20.8. The Morgan fingerprint density at radius 2 is 1.06 bits per heavy atom. The fourth-order valence-electron chi connectivity index (χ4n) is 1.06. The average molecular weight is 249 g/mol. The van der Waals surface area contributed by atoms with Crippen LogP contribution in [0.25, 0.3) is 0 Å². The number of ether oxygens (including phenoxy) is 4. The lowest BCUT2D eigenvalue weighted by Gasteiger charge is -2.07. The SMILES string of the molecule is CCCOCOCCNCCOCOCCC. The molecule has 0 aliphatic carbocycles. The third-order valence-corrected chi connectivity index (χ3v) is 1.88. The van der Waals surface area contributed by atoms with Gasteiger partial charge < -0.3 is 24.3 Å². The lowest BCUT2D eigenvalue weighted by molar-refractivity contribution is -0.0568. The predicted molar refractivity (Wildman–Crippen MR) is 67.0 cm³/mol. The first-order valence-electron chi connectivity index (χ1n) is 6.43. The van der Waals surface area contributed by atoms with Crippen molar-refractivity contribution in [2.24, 2.45) is 0 Å². The van der Waals surface area contributed by atoms with Crippen molar-refractivity contribution < 1.29 is 18.9 Å². The molecule has 0 aliphatic rings. The number of nitrogens with one attached hydrogen (secondary N) is 1. The molecule has 0 unspecified atom stereocenters. The standard InChI is InChI=1S/C12H27NO4/c1-3-7-14-11-16-9-5-13-6-10-17-12-15-8-4-2/h13H,3-12H2,1-2H3. The lowest BCUT2D eigenvalue weighted by Crippen LogP contribution is -2.24. The Hall–Kier alpha value is -0.200. The Morgan fingerprint density at radius 1 is 0.647 bits per heavy atom. The minimum atomic E-state index is 0.386. The quantitative estimate of drug-likeness (QED) is 0.372. The topological polar surface area (TPSA) is 49.0 Å². The van der Waals surface area contributed by atoms with E-state index in [0.717, 1.165) is 39.1 Å². The van der Waals surface area contributed by atoms with Crippen LogP contribution in [0.15, 0.2) is 0 Å². The van der Waals surface area contributed by atoms with E-state index in [4.69, 9.17) is 18.9 Å². The van der Waals surface area contributed by atoms with Gasteiger partial charge in [-0.2, -0.15) is 0 Å². The molecule has 1 N–H and O–H groups in total. The highest BCUT2D eigenvalue weighted by Gasteiger charge is 1.90. The maximum Gasteiger partial charge on any atom is 0.146 e. The molecule has 0 radical (unpaired) electrons. The molecule has 0 aliphatic heterocycles. The maximum absolute atomic E-state index is 5.25. The second-order valence-corrected chi connectivity index (χ2v) is 3.62. The highest BCUT2D eigenvalue weighted by molar-refractivity contribution is 4.43. The van der Waals surface area contributed by atoms with Crippen molar-refractivity contribution in [1.29, 1.82) is 0 Å². The summed E-state index contributed by atoms with van der Waals surface area (Å²) >= 11 is 0. The van der Waals surface area contributed by atoms with E-state index in [0.29, 0.717) is 26.8 Å². The Bertz CT molecular complexity index is 122. The van der Waals surface area contributed by atoms with Crippen molar-refractivity contribution in [3.8, 4) is 0 Å². The van der Waals surface area contributed by atoms with Crippen molar-refractivity contribution in [2.75, 3.05) is 53.1 Å². The molecule has 0 spiro atoms. The summed E-state index contributed by atoms with van der Waals surface area (Å²) in [5.41, 5.74) is 0. The zero-order valence-corrected chi connectivity index (χ0v) is 11.2. The van der Waals surface area contributed by atoms with Crippen LogP contribution in [0.1, 0.15) is 26.7 Å². The van der Waals surface area contributed by atoms with E-state index in [1.165, 1.54) is 0 Å². The minimum Gasteiger partial charge on any atom is -0.355 e. The van der Waals surface area contributed by atoms with E-state index in [1.54, 1.807) is 0 Å². The number of rotatable bonds is 14. The van der Waals surface area contributed by atoms with E-state index < -0.39 is 0 Å². The van der Waals surface area contributed by atoms with Crippen LogP contribution in [0.5, 0.6) is 0 Å². The minimum absolute atomic E-state index is 0.386. The molecule has 17 heavy (non-hydrogen) atoms. The molecule has 0 aromatic carbocycles. The first-order chi connectivity index (χ1) is 8.41. The van der Waals surface area contributed by atoms with E-state index in [-0.39, 0.29) is 0 Å². The molecule has 0 rings (SSSR count). The highest BCUT2D eigenvalue weighted by Crippen LogP contribution is 1.82. The molecule has 0 aromatic heterocycles. The van der Waals surface area contributed by atoms with Gasteiger partial charge in [-0.25, -0.2) is 0 Å². The van der Waals surface area contributed by atoms with E-state index in [2.05, 4.69) is 19.2 Å². The van der Waals surface area contributed by atoms with Crippen molar-refractivity contribution in [2.45, 2.75) is 26.7 Å². The second kappa shape index (κ2) is 15.8. The molecular weight excluding hydrogens is 222 g/mol. The predicted octanol–water partition coefficient (Wildman–Crippen LogP) is 1.38. The molecule has 5 heteroatoms. The highest BCUT2D eigenvalue weighted by atomic mass is 16.7. The van der Waals surface area contributed by atoms with Crippen LogP contribution in [-0.2, 0) is 18.9 Å². The van der Waals surface area contributed by atoms with Crippen LogP contribution in [-0.4, -0.2) is 53.1 Å². The van der Waals surface area contributed by atoms with Gasteiger partial charge in [-0.05, 0) is 12.8 Å². The molecule has 0 saturated carbocycles. The van der Waals surface area contributed by atoms with Crippen LogP contribution in [0.3, 0.4) is 0 Å². The van der Waals surface area contributed by atoms with Gasteiger partial charge in [-0.1, -0.05) is 13.8 Å². The first-order valence-corrected chi connectivity index (χ1v) is 6.43. The van der Waals surface area contributed by atoms with Gasteiger partial charge >= 0.3 is 0 Å². The average Bonchev–Trinajstić information content (AvgIpc) is 2.35. The maximum atomic E-state index is 5.25. The third-order valence-electron chi connectivity index (χ3n) is 1.88. The number of hydrogen-bond donors (Lipinski definition) is 1. The molecule has 0 amide bonds. The number of hydrogen-bond acceptors (Lipinski definition) is 5. The van der Waals surface area contributed by atoms with Gasteiger partial charge in [0.1, 0.15) is 13.6 Å². The molecule has 5 nitrogen and oxygen atoms in total. The van der Waals surface area contributed by atoms with Gasteiger partial charge in [0.05, 0.1) is 13.2 Å². The monoisotopic (exact) mass is 249 g/mol. The van der Waals surface area contributed by atoms with Crippen molar-refractivity contribution in [3.63, 3.8) is 0 Å². The van der Waals surface area contributed by atoms with Gasteiger partial charge in [0.2, 0.25) is 0 Å². The second-order valence-electron chi connectivity index (χ2n) is 3.62. The molecule has 0 atom stereocenters. The molecule has 0 fully saturated rings. The zero-order valence-electron chi connectivity index (χ0n) is 11.2. The third kappa shape index (κ3) is 15.8. The lowest BCUT2D eigenvalue weighted by atomic mass is 10.5. The van der Waals surface area contributed by atoms with Gasteiger partial charge in [0.25, 0.3) is 0 Å². The van der Waals surface area contributed by atoms with Crippen LogP contribution >= 0.6 is 0 Å². The van der Waals surface area contributed by atoms with E-state index >= 15 is 0 Å². The van der Waals surface area contributed by atoms with E-state index in [9.17, 15) is 0 Å². The summed E-state index contributed by atoms with van der Waals surface area (Å²) in [4.78, 5) is 0. The Kier molecular flexibility index (Phi) is 15.6. The molecule has 0 aromatic rings. The van der Waals surface area contributed by atoms with Crippen molar-refractivity contribution >= 4 is 0 Å². The Balaban J connectivity index is 2.85. The first kappa shape index (κ1) is 16.8. The van der Waals surface area contributed by atoms with E-state index in [1.807, 2.05) is 0 Å². The van der Waals surface area contributed by atoms with Crippen LogP contribution in [0, 0.1) is 0 Å². The van der Waals surface area contributed by atoms with Gasteiger partial charge in [-0.3, -0.25) is 0 Å². The summed E-state index contributed by atoms with van der Waals surface area (Å²) in [6.45, 7) is 9.40. The van der Waals surface area contributed by atoms with Crippen LogP contribution < -0.4 is 5.32 Å². The van der Waals surface area contributed by atoms with Gasteiger partial charge in [-0.15, -0.1) is 0 Å². The Morgan fingerprint density at radius 3 is 1.47 bits per heavy atom. The fourth-order valence-corrected chi connectivity index (χ4v) is 1.06. The molecule has 0 bridgehead atoms. The fraction of sp³-hybridized carbons (Fsp3) is 1.00. The summed E-state index contributed by atoms with van der Waals surface area (Å²) in [6, 6.07) is 0. The summed E-state index contributed by atoms with van der Waals surface area (Å²) in [6.07, 6.45) is 2.05. The smallest absolute Gasteiger partial charge is 0.146 e. The summed E-state index contributed by atoms with van der Waals surface area (Å²) in [5.74, 6) is 0. The molecule has 104 valence electrons. The van der Waals surface area contributed by atoms with Crippen LogP contribution in [0.2, 0.25) is 0 Å². The molecular formula is C12H27NO4. The summed E-state index contributed by atoms with van der Waals surface area (Å²) in [7, 11) is 0. The molecule has 0 saturated heterocycles. The van der Waals surface area contributed by atoms with Gasteiger partial charge in [0, 0.05) is 26.3 Å². The van der Waals surface area contributed by atoms with Crippen molar-refractivity contribution in [1.82, 2.24) is 5.32 Å². The van der Waals surface area contributed by atoms with Gasteiger partial charge in [0.15, 0.2) is 0 Å². The normalized spacial score (nSPS) is 10.9. The van der Waals surface area contributed by atoms with Crippen LogP contribution in [0.4, 0.5) is 0 Å². The largest absolute Gasteiger partial charge is 0.355 e. The zero-order chi connectivity index (χ0) is 12.6. The Labute approximate surface area is 105 Å². The summed E-state index contributed by atoms with van der Waals surface area (Å²) in [5, 5.41) is 3.21. The molecule has 0 heterocycles.